The van der Waals surface area contributed by atoms with Gasteiger partial charge in [-0.3, -0.25) is 10.1 Å². The number of esters is 1. The van der Waals surface area contributed by atoms with E-state index in [-0.39, 0.29) is 17.9 Å². The highest BCUT2D eigenvalue weighted by Crippen LogP contribution is 2.27. The lowest BCUT2D eigenvalue weighted by Crippen LogP contribution is -2.54. The van der Waals surface area contributed by atoms with Crippen LogP contribution >= 0.6 is 0 Å². The number of carboxylic acids is 1. The van der Waals surface area contributed by atoms with Crippen LogP contribution in [0.1, 0.15) is 34.1 Å². The second-order valence-corrected chi connectivity index (χ2v) is 5.84. The van der Waals surface area contributed by atoms with E-state index >= 15 is 0 Å². The minimum atomic E-state index is -2.22. The van der Waals surface area contributed by atoms with E-state index in [0.29, 0.717) is 0 Å². The maximum absolute atomic E-state index is 12.3. The lowest BCUT2D eigenvalue weighted by atomic mass is 10.00. The number of hydrogen-bond acceptors (Lipinski definition) is 6. The van der Waals surface area contributed by atoms with Crippen LogP contribution in [0.4, 0.5) is 5.69 Å². The fourth-order valence-corrected chi connectivity index (χ4v) is 1.74. The summed E-state index contributed by atoms with van der Waals surface area (Å²) in [6.45, 7) is 6.31. The molecule has 0 radical (unpaired) electrons. The zero-order valence-corrected chi connectivity index (χ0v) is 13.4. The van der Waals surface area contributed by atoms with Crippen LogP contribution in [-0.2, 0) is 14.3 Å². The highest BCUT2D eigenvalue weighted by molar-refractivity contribution is 6.03. The third-order valence-corrected chi connectivity index (χ3v) is 2.91. The maximum atomic E-state index is 12.3. The molecule has 0 heterocycles. The van der Waals surface area contributed by atoms with Crippen LogP contribution in [0.2, 0.25) is 0 Å². The van der Waals surface area contributed by atoms with Gasteiger partial charge in [0.15, 0.2) is 0 Å². The molecule has 126 valence electrons. The number of non-ortho nitro benzene ring substituents is 1. The zero-order valence-electron chi connectivity index (χ0n) is 13.4. The van der Waals surface area contributed by atoms with E-state index in [1.807, 2.05) is 0 Å². The molecule has 8 heteroatoms. The molecule has 0 fully saturated rings. The third-order valence-electron chi connectivity index (χ3n) is 2.91. The van der Waals surface area contributed by atoms with Crippen molar-refractivity contribution in [3.05, 3.63) is 34.4 Å². The minimum absolute atomic E-state index is 0.0192. The molecule has 1 rings (SSSR count). The number of carbonyl (C=O) groups is 2. The number of rotatable bonds is 6. The van der Waals surface area contributed by atoms with E-state index in [2.05, 4.69) is 0 Å². The summed E-state index contributed by atoms with van der Waals surface area (Å²) < 4.78 is 10.5. The quantitative estimate of drug-likeness (QED) is 0.370. The number of ether oxygens (including phenoxy) is 2. The number of nitro benzene ring substituents is 1. The number of benzene rings is 1. The second kappa shape index (κ2) is 6.64. The summed E-state index contributed by atoms with van der Waals surface area (Å²) >= 11 is 0. The van der Waals surface area contributed by atoms with Crippen molar-refractivity contribution in [3.8, 4) is 5.75 Å². The first kappa shape index (κ1) is 18.4. The molecular formula is C15H19NO7. The Morgan fingerprint density at radius 2 is 1.74 bits per heavy atom. The largest absolute Gasteiger partial charge is 0.478 e. The molecule has 0 aliphatic heterocycles. The van der Waals surface area contributed by atoms with Crippen LogP contribution in [0.25, 0.3) is 0 Å². The standard InChI is InChI=1S/C15H19NO7/c1-5-15(12(17)18,13(19)23-14(2,3)4)22-11-8-6-10(7-9-11)16(20)21/h6-9H,5H2,1-4H3,(H,17,18). The molecule has 0 aliphatic rings. The van der Waals surface area contributed by atoms with Crippen molar-refractivity contribution in [3.63, 3.8) is 0 Å². The lowest BCUT2D eigenvalue weighted by Gasteiger charge is -2.30. The number of aliphatic carboxylic acids is 1. The fourth-order valence-electron chi connectivity index (χ4n) is 1.74. The average Bonchev–Trinajstić information content (AvgIpc) is 2.42. The second-order valence-electron chi connectivity index (χ2n) is 5.84. The summed E-state index contributed by atoms with van der Waals surface area (Å²) in [6.07, 6.45) is -0.172. The van der Waals surface area contributed by atoms with Gasteiger partial charge in [-0.2, -0.15) is 0 Å². The molecule has 8 nitrogen and oxygen atoms in total. The Bertz CT molecular complexity index is 603. The smallest absolute Gasteiger partial charge is 0.362 e. The summed E-state index contributed by atoms with van der Waals surface area (Å²) in [5.74, 6) is -2.50. The van der Waals surface area contributed by atoms with E-state index in [0.717, 1.165) is 12.1 Å². The first-order valence-electron chi connectivity index (χ1n) is 6.92. The molecule has 1 N–H and O–H groups in total. The van der Waals surface area contributed by atoms with Gasteiger partial charge >= 0.3 is 17.5 Å². The first-order valence-corrected chi connectivity index (χ1v) is 6.92. The molecule has 0 spiro atoms. The molecule has 23 heavy (non-hydrogen) atoms. The van der Waals surface area contributed by atoms with Gasteiger partial charge in [0.2, 0.25) is 0 Å². The highest BCUT2D eigenvalue weighted by atomic mass is 16.6. The van der Waals surface area contributed by atoms with Gasteiger partial charge in [-0.05, 0) is 32.9 Å². The van der Waals surface area contributed by atoms with Gasteiger partial charge in [0.05, 0.1) is 4.92 Å². The first-order chi connectivity index (χ1) is 10.5. The van der Waals surface area contributed by atoms with Crippen LogP contribution < -0.4 is 4.74 Å². The summed E-state index contributed by atoms with van der Waals surface area (Å²) in [4.78, 5) is 33.9. The van der Waals surface area contributed by atoms with Crippen LogP contribution in [0.3, 0.4) is 0 Å². The van der Waals surface area contributed by atoms with Gasteiger partial charge in [-0.25, -0.2) is 9.59 Å². The predicted octanol–water partition coefficient (Wildman–Crippen LogP) is 2.55. The van der Waals surface area contributed by atoms with E-state index in [9.17, 15) is 24.8 Å². The molecule has 1 aromatic rings. The minimum Gasteiger partial charge on any atom is -0.478 e. The Balaban J connectivity index is 3.14. The van der Waals surface area contributed by atoms with Crippen molar-refractivity contribution in [2.24, 2.45) is 0 Å². The molecule has 0 saturated carbocycles. The molecule has 1 atom stereocenters. The van der Waals surface area contributed by atoms with Crippen LogP contribution in [-0.4, -0.2) is 33.2 Å². The molecule has 0 aromatic heterocycles. The number of carbonyl (C=O) groups excluding carboxylic acids is 1. The third kappa shape index (κ3) is 4.41. The normalized spacial score (nSPS) is 13.7. The summed E-state index contributed by atoms with van der Waals surface area (Å²) in [7, 11) is 0. The summed E-state index contributed by atoms with van der Waals surface area (Å²) in [5.41, 5.74) is -3.28. The molecule has 1 unspecified atom stereocenters. The Labute approximate surface area is 133 Å². The van der Waals surface area contributed by atoms with Crippen LogP contribution in [0.15, 0.2) is 24.3 Å². The van der Waals surface area contributed by atoms with Crippen molar-refractivity contribution in [1.82, 2.24) is 0 Å². The van der Waals surface area contributed by atoms with Crippen LogP contribution in [0, 0.1) is 10.1 Å². The summed E-state index contributed by atoms with van der Waals surface area (Å²) in [6, 6.07) is 4.78. The Hall–Kier alpha value is -2.64. The molecule has 0 bridgehead atoms. The Kier molecular flexibility index (Phi) is 5.31. The molecular weight excluding hydrogens is 306 g/mol. The van der Waals surface area contributed by atoms with Gasteiger partial charge in [0.25, 0.3) is 5.69 Å². The van der Waals surface area contributed by atoms with Gasteiger partial charge < -0.3 is 14.6 Å². The Morgan fingerprint density at radius 1 is 1.22 bits per heavy atom. The van der Waals surface area contributed by atoms with Crippen molar-refractivity contribution in [1.29, 1.82) is 0 Å². The van der Waals surface area contributed by atoms with Crippen LogP contribution in [0.5, 0.6) is 5.75 Å². The van der Waals surface area contributed by atoms with Gasteiger partial charge in [-0.15, -0.1) is 0 Å². The van der Waals surface area contributed by atoms with E-state index < -0.39 is 28.1 Å². The van der Waals surface area contributed by atoms with Crippen molar-refractivity contribution >= 4 is 17.6 Å². The van der Waals surface area contributed by atoms with Gasteiger partial charge in [0, 0.05) is 18.6 Å². The highest BCUT2D eigenvalue weighted by Gasteiger charge is 2.50. The maximum Gasteiger partial charge on any atom is 0.362 e. The topological polar surface area (TPSA) is 116 Å². The number of carboxylic acid groups (broad SMARTS) is 1. The van der Waals surface area contributed by atoms with E-state index in [4.69, 9.17) is 9.47 Å². The zero-order chi connectivity index (χ0) is 17.8. The molecule has 0 saturated heterocycles. The lowest BCUT2D eigenvalue weighted by molar-refractivity contribution is -0.384. The van der Waals surface area contributed by atoms with Crippen molar-refractivity contribution in [2.45, 2.75) is 45.3 Å². The van der Waals surface area contributed by atoms with Gasteiger partial charge in [-0.1, -0.05) is 6.92 Å². The fraction of sp³-hybridized carbons (Fsp3) is 0.467. The predicted molar refractivity (Wildman–Crippen MR) is 80.2 cm³/mol. The SMILES string of the molecule is CCC(Oc1ccc([N+](=O)[O-])cc1)(C(=O)O)C(=O)OC(C)(C)C. The molecule has 1 aromatic carbocycles. The monoisotopic (exact) mass is 325 g/mol. The van der Waals surface area contributed by atoms with Gasteiger partial charge in [0.1, 0.15) is 11.4 Å². The average molecular weight is 325 g/mol. The number of hydrogen-bond donors (Lipinski definition) is 1. The summed E-state index contributed by atoms with van der Waals surface area (Å²) in [5, 5.41) is 20.1. The van der Waals surface area contributed by atoms with Crippen molar-refractivity contribution in [2.75, 3.05) is 0 Å². The molecule has 0 aliphatic carbocycles. The molecule has 0 amide bonds. The number of nitrogens with zero attached hydrogens (tertiary/aromatic N) is 1. The van der Waals surface area contributed by atoms with E-state index in [1.165, 1.54) is 19.1 Å². The Morgan fingerprint density at radius 3 is 2.09 bits per heavy atom. The number of nitro groups is 1. The van der Waals surface area contributed by atoms with Crippen molar-refractivity contribution < 1.29 is 29.1 Å². The van der Waals surface area contributed by atoms with E-state index in [1.54, 1.807) is 20.8 Å².